The molecule has 3 rings (SSSR count). The molecule has 0 saturated heterocycles. The average Bonchev–Trinajstić information content (AvgIpc) is 3.02. The van der Waals surface area contributed by atoms with Gasteiger partial charge in [-0.1, -0.05) is 0 Å². The van der Waals surface area contributed by atoms with E-state index in [2.05, 4.69) is 15.6 Å². The highest BCUT2D eigenvalue weighted by Gasteiger charge is 2.27. The van der Waals surface area contributed by atoms with E-state index >= 15 is 0 Å². The summed E-state index contributed by atoms with van der Waals surface area (Å²) in [6, 6.07) is 7.10. The Hall–Kier alpha value is -2.83. The monoisotopic (exact) mass is 356 g/mol. The summed E-state index contributed by atoms with van der Waals surface area (Å²) in [4.78, 5) is 29.6. The van der Waals surface area contributed by atoms with Gasteiger partial charge in [0.25, 0.3) is 11.8 Å². The fraction of sp³-hybridized carbons (Fsp3) is 0.421. The minimum Gasteiger partial charge on any atom is -0.497 e. The molecule has 2 N–H and O–H groups in total. The van der Waals surface area contributed by atoms with E-state index in [4.69, 9.17) is 4.74 Å². The fourth-order valence-corrected chi connectivity index (χ4v) is 3.09. The molecule has 7 heteroatoms. The van der Waals surface area contributed by atoms with Crippen molar-refractivity contribution in [3.8, 4) is 5.75 Å². The van der Waals surface area contributed by atoms with Crippen LogP contribution in [0, 0.1) is 0 Å². The van der Waals surface area contributed by atoms with Crippen molar-refractivity contribution < 1.29 is 14.3 Å². The standard InChI is InChI=1S/C19H24N4O3/c1-12(2)20-18(24)16-15-6-4-5-11-23(15)17(22-16)19(25)21-13-7-9-14(26-3)10-8-13/h7-10,12H,4-6,11H2,1-3H3,(H,20,24)(H,21,25). The van der Waals surface area contributed by atoms with Crippen LogP contribution in [0.5, 0.6) is 5.75 Å². The number of hydrogen-bond donors (Lipinski definition) is 2. The number of carbonyl (C=O) groups excluding carboxylic acids is 2. The van der Waals surface area contributed by atoms with E-state index in [0.29, 0.717) is 23.7 Å². The number of ether oxygens (including phenoxy) is 1. The Balaban J connectivity index is 1.87. The first-order valence-electron chi connectivity index (χ1n) is 8.85. The van der Waals surface area contributed by atoms with Crippen LogP contribution in [0.15, 0.2) is 24.3 Å². The van der Waals surface area contributed by atoms with E-state index in [1.165, 1.54) is 0 Å². The van der Waals surface area contributed by atoms with E-state index < -0.39 is 0 Å². The predicted octanol–water partition coefficient (Wildman–Crippen LogP) is 2.62. The molecule has 0 aliphatic carbocycles. The normalized spacial score (nSPS) is 13.2. The van der Waals surface area contributed by atoms with Gasteiger partial charge in [-0.15, -0.1) is 0 Å². The molecule has 138 valence electrons. The molecule has 2 aromatic rings. The van der Waals surface area contributed by atoms with Crippen LogP contribution in [0.3, 0.4) is 0 Å². The molecule has 0 spiro atoms. The number of hydrogen-bond acceptors (Lipinski definition) is 4. The van der Waals surface area contributed by atoms with Crippen LogP contribution in [-0.2, 0) is 13.0 Å². The van der Waals surface area contributed by atoms with E-state index in [1.54, 1.807) is 31.4 Å². The van der Waals surface area contributed by atoms with Crippen LogP contribution in [-0.4, -0.2) is 34.5 Å². The van der Waals surface area contributed by atoms with Crippen molar-refractivity contribution in [1.82, 2.24) is 14.9 Å². The van der Waals surface area contributed by atoms with Crippen LogP contribution in [0.25, 0.3) is 0 Å². The van der Waals surface area contributed by atoms with Crippen LogP contribution >= 0.6 is 0 Å². The maximum Gasteiger partial charge on any atom is 0.291 e. The zero-order chi connectivity index (χ0) is 18.7. The molecule has 26 heavy (non-hydrogen) atoms. The van der Waals surface area contributed by atoms with Crippen molar-refractivity contribution in [2.45, 2.75) is 45.7 Å². The van der Waals surface area contributed by atoms with Crippen LogP contribution in [0.2, 0.25) is 0 Å². The molecule has 1 aliphatic rings. The first-order valence-corrected chi connectivity index (χ1v) is 8.85. The summed E-state index contributed by atoms with van der Waals surface area (Å²) in [6.07, 6.45) is 2.72. The lowest BCUT2D eigenvalue weighted by Crippen LogP contribution is -2.31. The second kappa shape index (κ2) is 7.59. The Morgan fingerprint density at radius 1 is 1.15 bits per heavy atom. The first-order chi connectivity index (χ1) is 12.5. The summed E-state index contributed by atoms with van der Waals surface area (Å²) < 4.78 is 6.99. The molecule has 2 heterocycles. The topological polar surface area (TPSA) is 85.2 Å². The van der Waals surface area contributed by atoms with Crippen LogP contribution in [0.1, 0.15) is 53.5 Å². The molecule has 7 nitrogen and oxygen atoms in total. The lowest BCUT2D eigenvalue weighted by atomic mass is 10.1. The van der Waals surface area contributed by atoms with Gasteiger partial charge in [0, 0.05) is 18.3 Å². The third-order valence-corrected chi connectivity index (χ3v) is 4.30. The average molecular weight is 356 g/mol. The Morgan fingerprint density at radius 3 is 2.54 bits per heavy atom. The van der Waals surface area contributed by atoms with Gasteiger partial charge in [0.15, 0.2) is 5.82 Å². The third-order valence-electron chi connectivity index (χ3n) is 4.30. The Morgan fingerprint density at radius 2 is 1.88 bits per heavy atom. The van der Waals surface area contributed by atoms with Crippen molar-refractivity contribution in [2.24, 2.45) is 0 Å². The lowest BCUT2D eigenvalue weighted by Gasteiger charge is -2.17. The van der Waals surface area contributed by atoms with Crippen molar-refractivity contribution in [3.05, 3.63) is 41.5 Å². The number of nitrogens with zero attached hydrogens (tertiary/aromatic N) is 2. The second-order valence-corrected chi connectivity index (χ2v) is 6.65. The molecule has 0 fully saturated rings. The molecule has 2 amide bonds. The number of fused-ring (bicyclic) bond motifs is 1. The van der Waals surface area contributed by atoms with Crippen molar-refractivity contribution in [2.75, 3.05) is 12.4 Å². The highest BCUT2D eigenvalue weighted by Crippen LogP contribution is 2.22. The number of imidazole rings is 1. The van der Waals surface area contributed by atoms with Crippen LogP contribution in [0.4, 0.5) is 5.69 Å². The summed E-state index contributed by atoms with van der Waals surface area (Å²) >= 11 is 0. The maximum absolute atomic E-state index is 12.7. The Labute approximate surface area is 152 Å². The van der Waals surface area contributed by atoms with Gasteiger partial charge in [-0.3, -0.25) is 9.59 Å². The molecular weight excluding hydrogens is 332 g/mol. The zero-order valence-corrected chi connectivity index (χ0v) is 15.3. The fourth-order valence-electron chi connectivity index (χ4n) is 3.09. The van der Waals surface area contributed by atoms with Gasteiger partial charge in [-0.05, 0) is 57.4 Å². The summed E-state index contributed by atoms with van der Waals surface area (Å²) in [7, 11) is 1.59. The number of aromatic nitrogens is 2. The van der Waals surface area contributed by atoms with E-state index in [0.717, 1.165) is 25.0 Å². The summed E-state index contributed by atoms with van der Waals surface area (Å²) in [6.45, 7) is 4.50. The van der Waals surface area contributed by atoms with Crippen LogP contribution < -0.4 is 15.4 Å². The predicted molar refractivity (Wildman–Crippen MR) is 98.7 cm³/mol. The van der Waals surface area contributed by atoms with Gasteiger partial charge in [0.1, 0.15) is 11.4 Å². The lowest BCUT2D eigenvalue weighted by molar-refractivity contribution is 0.0937. The molecule has 1 aliphatic heterocycles. The van der Waals surface area contributed by atoms with Gasteiger partial charge in [0.2, 0.25) is 0 Å². The van der Waals surface area contributed by atoms with Gasteiger partial charge in [0.05, 0.1) is 12.8 Å². The molecule has 0 radical (unpaired) electrons. The summed E-state index contributed by atoms with van der Waals surface area (Å²) in [5.41, 5.74) is 1.85. The molecule has 1 aromatic heterocycles. The highest BCUT2D eigenvalue weighted by atomic mass is 16.5. The van der Waals surface area contributed by atoms with Gasteiger partial charge >= 0.3 is 0 Å². The summed E-state index contributed by atoms with van der Waals surface area (Å²) in [5, 5.41) is 5.71. The minimum atomic E-state index is -0.318. The molecule has 0 saturated carbocycles. The third kappa shape index (κ3) is 3.71. The second-order valence-electron chi connectivity index (χ2n) is 6.65. The highest BCUT2D eigenvalue weighted by molar-refractivity contribution is 6.03. The van der Waals surface area contributed by atoms with Gasteiger partial charge < -0.3 is 19.9 Å². The summed E-state index contributed by atoms with van der Waals surface area (Å²) in [5.74, 6) is 0.453. The Kier molecular flexibility index (Phi) is 5.25. The quantitative estimate of drug-likeness (QED) is 0.862. The molecular formula is C19H24N4O3. The smallest absolute Gasteiger partial charge is 0.291 e. The number of benzene rings is 1. The van der Waals surface area contributed by atoms with Gasteiger partial charge in [-0.25, -0.2) is 4.98 Å². The molecule has 0 bridgehead atoms. The number of anilines is 1. The number of methoxy groups -OCH3 is 1. The number of rotatable bonds is 5. The zero-order valence-electron chi connectivity index (χ0n) is 15.3. The Bertz CT molecular complexity index is 809. The largest absolute Gasteiger partial charge is 0.497 e. The SMILES string of the molecule is COc1ccc(NC(=O)c2nc(C(=O)NC(C)C)c3n2CCCC3)cc1. The van der Waals surface area contributed by atoms with E-state index in [1.807, 2.05) is 18.4 Å². The number of nitrogens with one attached hydrogen (secondary N) is 2. The molecule has 1 aromatic carbocycles. The number of carbonyl (C=O) groups is 2. The van der Waals surface area contributed by atoms with Gasteiger partial charge in [-0.2, -0.15) is 0 Å². The maximum atomic E-state index is 12.7. The van der Waals surface area contributed by atoms with E-state index in [-0.39, 0.29) is 23.7 Å². The van der Waals surface area contributed by atoms with Crippen molar-refractivity contribution >= 4 is 17.5 Å². The molecule has 0 atom stereocenters. The number of amides is 2. The molecule has 0 unspecified atom stereocenters. The first kappa shape index (κ1) is 18.0. The minimum absolute atomic E-state index is 0.0139. The van der Waals surface area contributed by atoms with E-state index in [9.17, 15) is 9.59 Å². The van der Waals surface area contributed by atoms with Crippen molar-refractivity contribution in [3.63, 3.8) is 0 Å². The van der Waals surface area contributed by atoms with Crippen molar-refractivity contribution in [1.29, 1.82) is 0 Å².